The van der Waals surface area contributed by atoms with Crippen molar-refractivity contribution < 1.29 is 18.7 Å². The Morgan fingerprint density at radius 1 is 1.08 bits per heavy atom. The highest BCUT2D eigenvalue weighted by molar-refractivity contribution is 6.09. The summed E-state index contributed by atoms with van der Waals surface area (Å²) in [6.07, 6.45) is 0.605. The summed E-state index contributed by atoms with van der Waals surface area (Å²) >= 11 is 0. The average Bonchev–Trinajstić information content (AvgIpc) is 2.63. The molecule has 0 spiro atoms. The quantitative estimate of drug-likeness (QED) is 0.747. The third-order valence-electron chi connectivity index (χ3n) is 4.09. The van der Waals surface area contributed by atoms with Gasteiger partial charge in [-0.1, -0.05) is 24.3 Å². The number of carbonyl (C=O) groups is 2. The summed E-state index contributed by atoms with van der Waals surface area (Å²) in [5.41, 5.74) is -0.274. The zero-order valence-corrected chi connectivity index (χ0v) is 15.1. The number of nitrogens with one attached hydrogen (secondary N) is 2. The Morgan fingerprint density at radius 3 is 2.50 bits per heavy atom. The fourth-order valence-corrected chi connectivity index (χ4v) is 2.31. The summed E-state index contributed by atoms with van der Waals surface area (Å²) in [6.45, 7) is 3.39. The summed E-state index contributed by atoms with van der Waals surface area (Å²) in [4.78, 5) is 24.8. The summed E-state index contributed by atoms with van der Waals surface area (Å²) in [5.74, 6) is -0.788. The zero-order valence-electron chi connectivity index (χ0n) is 15.1. The number of hydrogen-bond donors (Lipinski definition) is 2. The monoisotopic (exact) mass is 358 g/mol. The second kappa shape index (κ2) is 8.47. The van der Waals surface area contributed by atoms with Crippen LogP contribution in [0.1, 0.15) is 19.4 Å². The van der Waals surface area contributed by atoms with Crippen molar-refractivity contribution >= 4 is 17.5 Å². The van der Waals surface area contributed by atoms with Crippen LogP contribution in [0.3, 0.4) is 0 Å². The number of benzene rings is 2. The molecule has 5 nitrogen and oxygen atoms in total. The largest absolute Gasteiger partial charge is 0.497 e. The lowest BCUT2D eigenvalue weighted by atomic mass is 9.90. The number of methoxy groups -OCH3 is 1. The van der Waals surface area contributed by atoms with Gasteiger partial charge in [0.2, 0.25) is 11.8 Å². The normalized spacial score (nSPS) is 10.9. The van der Waals surface area contributed by atoms with Crippen LogP contribution >= 0.6 is 0 Å². The van der Waals surface area contributed by atoms with E-state index in [1.54, 1.807) is 13.2 Å². The first-order valence-corrected chi connectivity index (χ1v) is 8.32. The molecule has 0 aromatic heterocycles. The molecular weight excluding hydrogens is 335 g/mol. The van der Waals surface area contributed by atoms with Crippen molar-refractivity contribution in [3.05, 3.63) is 59.9 Å². The molecule has 0 aliphatic heterocycles. The van der Waals surface area contributed by atoms with Crippen LogP contribution in [0, 0.1) is 11.2 Å². The first kappa shape index (κ1) is 19.4. The van der Waals surface area contributed by atoms with Crippen molar-refractivity contribution in [3.63, 3.8) is 0 Å². The first-order valence-electron chi connectivity index (χ1n) is 8.32. The molecule has 2 rings (SSSR count). The van der Waals surface area contributed by atoms with Crippen molar-refractivity contribution in [2.75, 3.05) is 19.0 Å². The van der Waals surface area contributed by atoms with E-state index in [0.717, 1.165) is 11.3 Å². The molecule has 6 heteroatoms. The fraction of sp³-hybridized carbons (Fsp3) is 0.300. The minimum Gasteiger partial charge on any atom is -0.497 e. The molecule has 0 aliphatic rings. The van der Waals surface area contributed by atoms with Gasteiger partial charge in [-0.25, -0.2) is 4.39 Å². The summed E-state index contributed by atoms with van der Waals surface area (Å²) < 4.78 is 18.8. The molecule has 0 fully saturated rings. The Hall–Kier alpha value is -2.89. The number of carbonyl (C=O) groups excluding carboxylic acids is 2. The molecule has 26 heavy (non-hydrogen) atoms. The molecule has 0 heterocycles. The summed E-state index contributed by atoms with van der Waals surface area (Å²) in [5, 5.41) is 5.22. The predicted molar refractivity (Wildman–Crippen MR) is 98.5 cm³/mol. The molecule has 0 bridgehead atoms. The SMILES string of the molecule is COc1cccc(CCNC(=O)C(C)(C)C(=O)Nc2ccccc2F)c1. The number of ether oxygens (including phenoxy) is 1. The van der Waals surface area contributed by atoms with Gasteiger partial charge in [-0.05, 0) is 50.1 Å². The van der Waals surface area contributed by atoms with Gasteiger partial charge in [0.1, 0.15) is 17.0 Å². The topological polar surface area (TPSA) is 67.4 Å². The van der Waals surface area contributed by atoms with Gasteiger partial charge in [0.15, 0.2) is 0 Å². The summed E-state index contributed by atoms with van der Waals surface area (Å²) in [6, 6.07) is 13.4. The van der Waals surface area contributed by atoms with Crippen molar-refractivity contribution in [2.45, 2.75) is 20.3 Å². The maximum atomic E-state index is 13.7. The molecule has 0 saturated carbocycles. The number of halogens is 1. The third kappa shape index (κ3) is 4.81. The number of hydrogen-bond acceptors (Lipinski definition) is 3. The predicted octanol–water partition coefficient (Wildman–Crippen LogP) is 3.16. The maximum Gasteiger partial charge on any atom is 0.239 e. The van der Waals surface area contributed by atoms with E-state index in [1.807, 2.05) is 24.3 Å². The van der Waals surface area contributed by atoms with E-state index in [-0.39, 0.29) is 5.69 Å². The van der Waals surface area contributed by atoms with Crippen LogP contribution in [-0.4, -0.2) is 25.5 Å². The number of amides is 2. The van der Waals surface area contributed by atoms with E-state index in [4.69, 9.17) is 4.74 Å². The minimum absolute atomic E-state index is 0.0507. The van der Waals surface area contributed by atoms with Crippen LogP contribution < -0.4 is 15.4 Å². The van der Waals surface area contributed by atoms with Crippen molar-refractivity contribution in [3.8, 4) is 5.75 Å². The van der Waals surface area contributed by atoms with Crippen LogP contribution in [0.4, 0.5) is 10.1 Å². The molecule has 0 radical (unpaired) electrons. The highest BCUT2D eigenvalue weighted by atomic mass is 19.1. The van der Waals surface area contributed by atoms with E-state index >= 15 is 0 Å². The number of rotatable bonds is 7. The van der Waals surface area contributed by atoms with Gasteiger partial charge in [0.05, 0.1) is 12.8 Å². The van der Waals surface area contributed by atoms with Crippen LogP contribution in [0.2, 0.25) is 0 Å². The van der Waals surface area contributed by atoms with E-state index < -0.39 is 23.0 Å². The molecule has 138 valence electrons. The van der Waals surface area contributed by atoms with E-state index in [0.29, 0.717) is 13.0 Å². The highest BCUT2D eigenvalue weighted by Gasteiger charge is 2.36. The smallest absolute Gasteiger partial charge is 0.239 e. The standard InChI is InChI=1S/C20H23FN2O3/c1-20(2,19(25)23-17-10-5-4-9-16(17)21)18(24)22-12-11-14-7-6-8-15(13-14)26-3/h4-10,13H,11-12H2,1-3H3,(H,22,24)(H,23,25). The van der Waals surface area contributed by atoms with Gasteiger partial charge in [-0.2, -0.15) is 0 Å². The molecule has 2 amide bonds. The minimum atomic E-state index is -1.34. The van der Waals surface area contributed by atoms with E-state index in [9.17, 15) is 14.0 Å². The number of para-hydroxylation sites is 1. The molecule has 2 aromatic carbocycles. The average molecular weight is 358 g/mol. The van der Waals surface area contributed by atoms with E-state index in [2.05, 4.69) is 10.6 Å². The molecule has 0 atom stereocenters. The van der Waals surface area contributed by atoms with Gasteiger partial charge in [0.25, 0.3) is 0 Å². The van der Waals surface area contributed by atoms with Gasteiger partial charge < -0.3 is 15.4 Å². The molecule has 2 aromatic rings. The Bertz CT molecular complexity index is 790. The maximum absolute atomic E-state index is 13.7. The van der Waals surface area contributed by atoms with Crippen molar-refractivity contribution in [1.82, 2.24) is 5.32 Å². The van der Waals surface area contributed by atoms with Crippen LogP contribution in [0.15, 0.2) is 48.5 Å². The fourth-order valence-electron chi connectivity index (χ4n) is 2.31. The van der Waals surface area contributed by atoms with Gasteiger partial charge >= 0.3 is 0 Å². The first-order chi connectivity index (χ1) is 12.3. The molecule has 0 saturated heterocycles. The molecule has 0 aliphatic carbocycles. The Labute approximate surface area is 152 Å². The van der Waals surface area contributed by atoms with Gasteiger partial charge in [-0.15, -0.1) is 0 Å². The zero-order chi connectivity index (χ0) is 19.2. The third-order valence-corrected chi connectivity index (χ3v) is 4.09. The summed E-state index contributed by atoms with van der Waals surface area (Å²) in [7, 11) is 1.59. The lowest BCUT2D eigenvalue weighted by molar-refractivity contribution is -0.138. The number of anilines is 1. The van der Waals surface area contributed by atoms with Crippen molar-refractivity contribution in [2.24, 2.45) is 5.41 Å². The van der Waals surface area contributed by atoms with Crippen LogP contribution in [0.5, 0.6) is 5.75 Å². The second-order valence-electron chi connectivity index (χ2n) is 6.42. The lowest BCUT2D eigenvalue weighted by Crippen LogP contribution is -2.45. The molecule has 2 N–H and O–H groups in total. The van der Waals surface area contributed by atoms with Gasteiger partial charge in [0, 0.05) is 6.54 Å². The highest BCUT2D eigenvalue weighted by Crippen LogP contribution is 2.21. The second-order valence-corrected chi connectivity index (χ2v) is 6.42. The van der Waals surface area contributed by atoms with Crippen molar-refractivity contribution in [1.29, 1.82) is 0 Å². The van der Waals surface area contributed by atoms with E-state index in [1.165, 1.54) is 32.0 Å². The molecular formula is C20H23FN2O3. The Morgan fingerprint density at radius 2 is 1.81 bits per heavy atom. The lowest BCUT2D eigenvalue weighted by Gasteiger charge is -2.23. The van der Waals surface area contributed by atoms with Gasteiger partial charge in [-0.3, -0.25) is 9.59 Å². The molecule has 0 unspecified atom stereocenters. The van der Waals surface area contributed by atoms with Crippen LogP contribution in [-0.2, 0) is 16.0 Å². The Kier molecular flexibility index (Phi) is 6.33. The Balaban J connectivity index is 1.92. The van der Waals surface area contributed by atoms with Crippen LogP contribution in [0.25, 0.3) is 0 Å².